The molecule has 4 heterocycles. The number of amides is 3. The third-order valence-electron chi connectivity index (χ3n) is 16.4. The maximum Gasteiger partial charge on any atom is 0.278 e. The number of para-hydroxylation sites is 8. The molecule has 15 aromatic rings. The number of ether oxygens (including phenoxy) is 1. The molecule has 0 aliphatic carbocycles. The van der Waals surface area contributed by atoms with Crippen LogP contribution in [0, 0.1) is 11.3 Å². The second-order valence-electron chi connectivity index (χ2n) is 24.4. The second kappa shape index (κ2) is 38.5. The predicted molar refractivity (Wildman–Crippen MR) is 473 cm³/mol. The summed E-state index contributed by atoms with van der Waals surface area (Å²) < 4.78 is 12.9. The van der Waals surface area contributed by atoms with E-state index in [0.29, 0.717) is 81.5 Å². The lowest BCUT2D eigenvalue weighted by Crippen LogP contribution is -2.32. The number of benzene rings is 11. The minimum absolute atomic E-state index is 0.00759. The molecule has 0 unspecified atom stereocenters. The van der Waals surface area contributed by atoms with Crippen LogP contribution in [-0.4, -0.2) is 97.6 Å². The molecular weight excluding hydrogens is 1780 g/mol. The molecule has 37 heteroatoms. The Balaban J connectivity index is 0.000000147. The van der Waals surface area contributed by atoms with Crippen molar-refractivity contribution in [1.29, 1.82) is 5.26 Å². The quantitative estimate of drug-likeness (QED) is 0.0442. The van der Waals surface area contributed by atoms with Gasteiger partial charge in [-0.15, -0.1) is 11.3 Å². The Morgan fingerprint density at radius 1 is 0.462 bits per heavy atom. The Labute approximate surface area is 730 Å². The number of fused-ring (bicyclic) bond motifs is 4. The van der Waals surface area contributed by atoms with Crippen LogP contribution in [0.3, 0.4) is 0 Å². The summed E-state index contributed by atoms with van der Waals surface area (Å²) in [7, 11) is 2.98. The van der Waals surface area contributed by atoms with Gasteiger partial charge in [0.25, 0.3) is 34.7 Å². The van der Waals surface area contributed by atoms with Crippen molar-refractivity contribution in [1.82, 2.24) is 29.5 Å². The Morgan fingerprint density at radius 2 is 0.899 bits per heavy atom. The van der Waals surface area contributed by atoms with Gasteiger partial charge in [-0.2, -0.15) is 5.26 Å². The van der Waals surface area contributed by atoms with Gasteiger partial charge in [-0.25, -0.2) is 39.9 Å². The van der Waals surface area contributed by atoms with Crippen molar-refractivity contribution >= 4 is 262 Å². The topological polar surface area (TPSA) is 370 Å². The van der Waals surface area contributed by atoms with Gasteiger partial charge >= 0.3 is 0 Å². The third-order valence-corrected chi connectivity index (χ3v) is 20.6. The number of carbonyl (C=O) groups is 3. The number of phenolic OH excluding ortho intramolecular Hbond substituents is 4. The summed E-state index contributed by atoms with van der Waals surface area (Å²) in [6, 6.07) is 59.2. The lowest BCUT2D eigenvalue weighted by atomic mass is 10.2. The minimum Gasteiger partial charge on any atom is -0.505 e. The van der Waals surface area contributed by atoms with Crippen LogP contribution in [0.5, 0.6) is 28.7 Å². The smallest absolute Gasteiger partial charge is 0.278 e. The number of carbonyl (C=O) groups excluding carboxylic acids is 3. The highest BCUT2D eigenvalue weighted by atomic mass is 35.5. The fraction of sp³-hybridized carbons (Fsp3) is 0.0244. The first-order valence-corrected chi connectivity index (χ1v) is 38.9. The van der Waals surface area contributed by atoms with Gasteiger partial charge < -0.3 is 50.5 Å². The number of oxazole rings is 1. The molecule has 0 saturated carbocycles. The monoisotopic (exact) mass is 1820 g/mol. The molecule has 0 atom stereocenters. The van der Waals surface area contributed by atoms with Crippen molar-refractivity contribution in [2.75, 3.05) is 23.1 Å². The first-order valence-electron chi connectivity index (χ1n) is 33.9. The van der Waals surface area contributed by atoms with Crippen molar-refractivity contribution in [3.8, 4) is 34.8 Å². The number of aromatic nitrogens is 6. The summed E-state index contributed by atoms with van der Waals surface area (Å²) in [6.07, 6.45) is 0. The number of nitrogens with one attached hydrogen (secondary N) is 4. The van der Waals surface area contributed by atoms with Crippen LogP contribution in [0.2, 0.25) is 55.2 Å². The first kappa shape index (κ1) is 86.2. The van der Waals surface area contributed by atoms with Gasteiger partial charge in [-0.1, -0.05) is 200 Å². The fourth-order valence-corrected chi connectivity index (χ4v) is 14.1. The van der Waals surface area contributed by atoms with Crippen LogP contribution in [-0.2, 0) is 21.4 Å². The van der Waals surface area contributed by atoms with Crippen molar-refractivity contribution in [2.24, 2.45) is 27.0 Å². The number of hydrogen-bond acceptors (Lipinski definition) is 21. The molecule has 0 aliphatic heterocycles. The van der Waals surface area contributed by atoms with Crippen molar-refractivity contribution < 1.29 is 44.0 Å². The SMILES string of the molecule is COc1ccccc1NC(=O)C(=Nc1cc(Cl)c(O)c(Cl)c1)c1nc2ccccc2c(=O)n1C.N#CC(=Nc1cc(Cl)c(O)c(Cl)c1)c1nc2ccccc2o1.O=C(Nc1cc(Cl)ccc1Cl)C(=Nc1cc(Cl)c(O)c(Cl)c1)c1nc2ccccc2s1.O=C(Nc1ccccc1Cl)C(=Nc1cc(Cl)c(O)c(Cl)c1)c1nc2ccccc2c(=O)[nH]1. The predicted octanol–water partition coefficient (Wildman–Crippen LogP) is 21.9. The molecule has 0 radical (unpaired) electrons. The minimum atomic E-state index is -0.683. The van der Waals surface area contributed by atoms with E-state index in [-0.39, 0.29) is 126 Å². The largest absolute Gasteiger partial charge is 0.505 e. The molecule has 8 N–H and O–H groups in total. The number of methoxy groups -OCH3 is 1. The third kappa shape index (κ3) is 20.7. The number of thiazole rings is 1. The summed E-state index contributed by atoms with van der Waals surface area (Å²) in [5, 5.41) is 58.5. The molecule has 0 fully saturated rings. The van der Waals surface area contributed by atoms with Gasteiger partial charge in [0.05, 0.1) is 129 Å². The first-order chi connectivity index (χ1) is 57.0. The standard InChI is InChI=1S/C24H18Cl2N4O4.C22H13Cl3N4O3.C21H11Cl4N3O2S.C15H7Cl2N3O2/c1-30-22(28-17-8-4-3-7-14(17)24(30)33)20(27-13-11-15(25)21(31)16(26)12-13)23(32)29-18-9-5-6-10-19(18)34-2;23-13-6-2-4-8-17(13)28-22(32)18(26-11-9-14(24)19(30)15(25)10-11)20-27-16-7-3-1-5-12(16)21(31)29-20;22-10-5-6-12(23)16(7-10)27-20(30)18(21-28-15-3-1-2-4-17(15)31-21)26-11-8-13(24)19(29)14(25)9-11;16-9-5-8(6-10(17)14(9)21)19-12(7-18)15-20-11-3-1-2-4-13(11)22-15/h3-12,31H,1-2H3,(H,29,32);1-10,30H,(H,28,32)(H,27,29,31);1-9,29H,(H,27,30);1-6,21H. The average Bonchev–Trinajstić information content (AvgIpc) is 1.68. The average molecular weight is 1830 g/mol. The summed E-state index contributed by atoms with van der Waals surface area (Å²) in [6.45, 7) is 0. The molecule has 0 bridgehead atoms. The molecule has 15 rings (SSSR count). The number of H-pyrrole nitrogens is 1. The van der Waals surface area contributed by atoms with Crippen LogP contribution in [0.15, 0.2) is 246 Å². The Morgan fingerprint density at radius 3 is 1.45 bits per heavy atom. The van der Waals surface area contributed by atoms with Crippen LogP contribution in [0.1, 0.15) is 22.5 Å². The maximum absolute atomic E-state index is 13.5. The summed E-state index contributed by atoms with van der Waals surface area (Å²) in [5.41, 5.74) is 3.53. The number of aromatic hydroxyl groups is 4. The lowest BCUT2D eigenvalue weighted by Gasteiger charge is -2.14. The van der Waals surface area contributed by atoms with E-state index in [2.05, 4.69) is 60.8 Å². The van der Waals surface area contributed by atoms with E-state index in [4.69, 9.17) is 137 Å². The lowest BCUT2D eigenvalue weighted by molar-refractivity contribution is -0.111. The Hall–Kier alpha value is -12.2. The van der Waals surface area contributed by atoms with E-state index in [0.717, 1.165) is 10.2 Å². The molecule has 119 heavy (non-hydrogen) atoms. The molecule has 0 aliphatic rings. The van der Waals surface area contributed by atoms with E-state index in [9.17, 15) is 49.7 Å². The number of rotatable bonds is 15. The van der Waals surface area contributed by atoms with Gasteiger partial charge in [-0.05, 0) is 140 Å². The van der Waals surface area contributed by atoms with Crippen LogP contribution in [0.4, 0.5) is 39.8 Å². The van der Waals surface area contributed by atoms with Crippen molar-refractivity contribution in [3.63, 3.8) is 0 Å². The molecule has 11 aromatic carbocycles. The number of phenols is 4. The zero-order valence-electron chi connectivity index (χ0n) is 60.4. The molecule has 0 spiro atoms. The van der Waals surface area contributed by atoms with Crippen LogP contribution >= 0.6 is 139 Å². The number of nitrogens with zero attached hydrogens (tertiary/aromatic N) is 10. The number of aliphatic imine (C=N–C) groups is 4. The van der Waals surface area contributed by atoms with E-state index in [1.54, 1.807) is 127 Å². The van der Waals surface area contributed by atoms with Gasteiger partial charge in [0.15, 0.2) is 57.4 Å². The highest BCUT2D eigenvalue weighted by Gasteiger charge is 2.26. The maximum atomic E-state index is 13.5. The molecule has 0 saturated heterocycles. The highest BCUT2D eigenvalue weighted by Crippen LogP contribution is 2.41. The summed E-state index contributed by atoms with van der Waals surface area (Å²) in [5.74, 6) is -2.51. The second-order valence-corrected chi connectivity index (χ2v) is 29.9. The summed E-state index contributed by atoms with van der Waals surface area (Å²) in [4.78, 5) is 103. The van der Waals surface area contributed by atoms with Crippen molar-refractivity contribution in [3.05, 3.63) is 311 Å². The molecule has 4 aromatic heterocycles. The zero-order valence-corrected chi connectivity index (χ0v) is 69.5. The van der Waals surface area contributed by atoms with Gasteiger partial charge in [0.2, 0.25) is 5.71 Å². The Bertz CT molecular complexity index is 6720. The van der Waals surface area contributed by atoms with Gasteiger partial charge in [-0.3, -0.25) is 28.5 Å². The Kier molecular flexibility index (Phi) is 27.9. The number of hydrogen-bond donors (Lipinski definition) is 8. The molecule has 596 valence electrons. The zero-order chi connectivity index (χ0) is 85.0. The van der Waals surface area contributed by atoms with Crippen molar-refractivity contribution in [2.45, 2.75) is 0 Å². The van der Waals surface area contributed by atoms with E-state index in [1.807, 2.05) is 36.4 Å². The van der Waals surface area contributed by atoms with Crippen LogP contribution in [0.25, 0.3) is 43.1 Å². The molecule has 3 amide bonds. The number of anilines is 3. The highest BCUT2D eigenvalue weighted by molar-refractivity contribution is 7.21. The normalized spacial score (nSPS) is 11.6. The number of nitriles is 1. The number of aromatic amines is 1. The van der Waals surface area contributed by atoms with E-state index in [1.165, 1.54) is 84.7 Å². The van der Waals surface area contributed by atoms with E-state index >= 15 is 0 Å². The van der Waals surface area contributed by atoms with Gasteiger partial charge in [0, 0.05) is 12.1 Å². The number of halogens is 11. The summed E-state index contributed by atoms with van der Waals surface area (Å²) >= 11 is 67.4. The van der Waals surface area contributed by atoms with Crippen LogP contribution < -0.4 is 31.8 Å². The molecule has 25 nitrogen and oxygen atoms in total. The molecular formula is C82H49Cl11N14O11S. The fourth-order valence-electron chi connectivity index (χ4n) is 10.7. The van der Waals surface area contributed by atoms with Gasteiger partial charge in [0.1, 0.15) is 22.3 Å². The van der Waals surface area contributed by atoms with E-state index < -0.39 is 23.3 Å².